The second-order valence-corrected chi connectivity index (χ2v) is 6.82. The van der Waals surface area contributed by atoms with Crippen LogP contribution in [0.3, 0.4) is 0 Å². The molecule has 1 aliphatic carbocycles. The van der Waals surface area contributed by atoms with Gasteiger partial charge in [-0.05, 0) is 42.4 Å². The molecule has 0 aliphatic heterocycles. The molecular weight excluding hydrogens is 258 g/mol. The summed E-state index contributed by atoms with van der Waals surface area (Å²) in [5.74, 6) is 0.992. The summed E-state index contributed by atoms with van der Waals surface area (Å²) >= 11 is 0. The molecule has 2 rings (SSSR count). The van der Waals surface area contributed by atoms with Crippen LogP contribution in [0.2, 0.25) is 0 Å². The zero-order valence-corrected chi connectivity index (χ0v) is 13.8. The van der Waals surface area contributed by atoms with E-state index in [-0.39, 0.29) is 0 Å². The summed E-state index contributed by atoms with van der Waals surface area (Å²) in [6, 6.07) is 8.54. The van der Waals surface area contributed by atoms with Gasteiger partial charge in [-0.15, -0.1) is 0 Å². The lowest BCUT2D eigenvalue weighted by molar-refractivity contribution is 0.207. The standard InChI is InChI=1S/C19H31NO/c1-3-4-14-21-18-10-8-17(9-11-18)15-20-16-19(2)12-6-5-7-13-19/h8-11,20H,3-7,12-16H2,1-2H3. The van der Waals surface area contributed by atoms with Gasteiger partial charge in [-0.25, -0.2) is 0 Å². The Labute approximate surface area is 130 Å². The minimum absolute atomic E-state index is 0.515. The van der Waals surface area contributed by atoms with Crippen LogP contribution in [0.1, 0.15) is 64.4 Å². The third kappa shape index (κ3) is 5.70. The molecule has 0 spiro atoms. The van der Waals surface area contributed by atoms with Gasteiger partial charge in [0.2, 0.25) is 0 Å². The number of unbranched alkanes of at least 4 members (excludes halogenated alkanes) is 1. The Kier molecular flexibility index (Phi) is 6.56. The SMILES string of the molecule is CCCCOc1ccc(CNCC2(C)CCCCC2)cc1. The lowest BCUT2D eigenvalue weighted by Crippen LogP contribution is -2.33. The fourth-order valence-corrected chi connectivity index (χ4v) is 3.13. The summed E-state index contributed by atoms with van der Waals surface area (Å²) in [6.07, 6.45) is 9.30. The van der Waals surface area contributed by atoms with E-state index in [4.69, 9.17) is 4.74 Å². The Morgan fingerprint density at radius 3 is 2.48 bits per heavy atom. The third-order valence-electron chi connectivity index (χ3n) is 4.63. The molecule has 118 valence electrons. The summed E-state index contributed by atoms with van der Waals surface area (Å²) < 4.78 is 5.70. The average molecular weight is 289 g/mol. The van der Waals surface area contributed by atoms with Gasteiger partial charge in [0.1, 0.15) is 5.75 Å². The van der Waals surface area contributed by atoms with E-state index in [1.165, 1.54) is 44.1 Å². The summed E-state index contributed by atoms with van der Waals surface area (Å²) in [7, 11) is 0. The molecule has 1 fully saturated rings. The first-order valence-electron chi connectivity index (χ1n) is 8.64. The van der Waals surface area contributed by atoms with E-state index in [9.17, 15) is 0 Å². The minimum atomic E-state index is 0.515. The molecule has 1 aromatic rings. The van der Waals surface area contributed by atoms with Crippen LogP contribution in [0.25, 0.3) is 0 Å². The van der Waals surface area contributed by atoms with Crippen LogP contribution >= 0.6 is 0 Å². The average Bonchev–Trinajstić information content (AvgIpc) is 2.50. The lowest BCUT2D eigenvalue weighted by Gasteiger charge is -2.33. The second-order valence-electron chi connectivity index (χ2n) is 6.82. The van der Waals surface area contributed by atoms with Gasteiger partial charge in [0, 0.05) is 13.1 Å². The van der Waals surface area contributed by atoms with E-state index < -0.39 is 0 Å². The summed E-state index contributed by atoms with van der Waals surface area (Å²) in [5.41, 5.74) is 1.86. The van der Waals surface area contributed by atoms with Gasteiger partial charge in [0.15, 0.2) is 0 Å². The second kappa shape index (κ2) is 8.43. The van der Waals surface area contributed by atoms with Crippen molar-refractivity contribution in [1.82, 2.24) is 5.32 Å². The van der Waals surface area contributed by atoms with Crippen molar-refractivity contribution in [3.05, 3.63) is 29.8 Å². The molecule has 0 radical (unpaired) electrons. The maximum absolute atomic E-state index is 5.70. The Hall–Kier alpha value is -1.02. The maximum atomic E-state index is 5.70. The largest absolute Gasteiger partial charge is 0.494 e. The smallest absolute Gasteiger partial charge is 0.119 e. The van der Waals surface area contributed by atoms with Crippen LogP contribution in [0.15, 0.2) is 24.3 Å². The summed E-state index contributed by atoms with van der Waals surface area (Å²) in [6.45, 7) is 7.55. The van der Waals surface area contributed by atoms with Crippen LogP contribution in [-0.2, 0) is 6.54 Å². The molecule has 0 bridgehead atoms. The molecule has 2 heteroatoms. The third-order valence-corrected chi connectivity index (χ3v) is 4.63. The molecule has 0 heterocycles. The highest BCUT2D eigenvalue weighted by molar-refractivity contribution is 5.27. The number of hydrogen-bond donors (Lipinski definition) is 1. The molecule has 1 aliphatic rings. The van der Waals surface area contributed by atoms with Gasteiger partial charge in [0.25, 0.3) is 0 Å². The molecule has 1 aromatic carbocycles. The fraction of sp³-hybridized carbons (Fsp3) is 0.684. The van der Waals surface area contributed by atoms with E-state index in [0.29, 0.717) is 5.41 Å². The number of benzene rings is 1. The molecule has 2 nitrogen and oxygen atoms in total. The quantitative estimate of drug-likeness (QED) is 0.685. The molecule has 0 amide bonds. The van der Waals surface area contributed by atoms with E-state index in [2.05, 4.69) is 43.4 Å². The minimum Gasteiger partial charge on any atom is -0.494 e. The van der Waals surface area contributed by atoms with Crippen molar-refractivity contribution in [1.29, 1.82) is 0 Å². The number of ether oxygens (including phenoxy) is 1. The van der Waals surface area contributed by atoms with Crippen LogP contribution in [-0.4, -0.2) is 13.2 Å². The van der Waals surface area contributed by atoms with Gasteiger partial charge in [-0.3, -0.25) is 0 Å². The zero-order chi connectivity index (χ0) is 15.0. The maximum Gasteiger partial charge on any atom is 0.119 e. The van der Waals surface area contributed by atoms with Crippen molar-refractivity contribution < 1.29 is 4.74 Å². The van der Waals surface area contributed by atoms with Crippen molar-refractivity contribution in [3.8, 4) is 5.75 Å². The van der Waals surface area contributed by atoms with Crippen molar-refractivity contribution in [2.75, 3.05) is 13.2 Å². The van der Waals surface area contributed by atoms with Gasteiger partial charge in [-0.2, -0.15) is 0 Å². The van der Waals surface area contributed by atoms with Crippen molar-refractivity contribution in [2.24, 2.45) is 5.41 Å². The monoisotopic (exact) mass is 289 g/mol. The van der Waals surface area contributed by atoms with E-state index >= 15 is 0 Å². The fourth-order valence-electron chi connectivity index (χ4n) is 3.13. The summed E-state index contributed by atoms with van der Waals surface area (Å²) in [4.78, 5) is 0. The molecule has 0 unspecified atom stereocenters. The van der Waals surface area contributed by atoms with Gasteiger partial charge in [0.05, 0.1) is 6.61 Å². The normalized spacial score (nSPS) is 17.6. The molecule has 21 heavy (non-hydrogen) atoms. The predicted molar refractivity (Wildman–Crippen MR) is 89.7 cm³/mol. The zero-order valence-electron chi connectivity index (χ0n) is 13.8. The Balaban J connectivity index is 1.70. The predicted octanol–water partition coefficient (Wildman–Crippen LogP) is 4.93. The van der Waals surface area contributed by atoms with Gasteiger partial charge < -0.3 is 10.1 Å². The first-order chi connectivity index (χ1) is 10.2. The molecule has 1 saturated carbocycles. The highest BCUT2D eigenvalue weighted by Gasteiger charge is 2.25. The van der Waals surface area contributed by atoms with E-state index in [1.54, 1.807) is 0 Å². The Bertz CT molecular complexity index is 393. The van der Waals surface area contributed by atoms with Gasteiger partial charge >= 0.3 is 0 Å². The van der Waals surface area contributed by atoms with Crippen molar-refractivity contribution in [2.45, 2.75) is 65.3 Å². The first-order valence-corrected chi connectivity index (χ1v) is 8.64. The molecule has 0 aromatic heterocycles. The first kappa shape index (κ1) is 16.4. The van der Waals surface area contributed by atoms with Crippen LogP contribution in [0.5, 0.6) is 5.75 Å². The summed E-state index contributed by atoms with van der Waals surface area (Å²) in [5, 5.41) is 3.64. The number of nitrogens with one attached hydrogen (secondary N) is 1. The van der Waals surface area contributed by atoms with E-state index in [1.807, 2.05) is 0 Å². The molecular formula is C19H31NO. The van der Waals surface area contributed by atoms with Gasteiger partial charge in [-0.1, -0.05) is 51.7 Å². The van der Waals surface area contributed by atoms with Crippen molar-refractivity contribution in [3.63, 3.8) is 0 Å². The molecule has 1 N–H and O–H groups in total. The van der Waals surface area contributed by atoms with Crippen molar-refractivity contribution >= 4 is 0 Å². The van der Waals surface area contributed by atoms with Crippen LogP contribution < -0.4 is 10.1 Å². The highest BCUT2D eigenvalue weighted by Crippen LogP contribution is 2.34. The topological polar surface area (TPSA) is 21.3 Å². The Morgan fingerprint density at radius 2 is 1.81 bits per heavy atom. The number of hydrogen-bond acceptors (Lipinski definition) is 2. The Morgan fingerprint density at radius 1 is 1.10 bits per heavy atom. The molecule has 0 saturated heterocycles. The molecule has 0 atom stereocenters. The van der Waals surface area contributed by atoms with E-state index in [0.717, 1.165) is 31.9 Å². The lowest BCUT2D eigenvalue weighted by atomic mass is 9.76. The van der Waals surface area contributed by atoms with Crippen LogP contribution in [0, 0.1) is 5.41 Å². The number of rotatable bonds is 8. The van der Waals surface area contributed by atoms with Crippen LogP contribution in [0.4, 0.5) is 0 Å². The highest BCUT2D eigenvalue weighted by atomic mass is 16.5.